The molecular formula is C15H20N6O4. The molecule has 1 saturated heterocycles. The van der Waals surface area contributed by atoms with Gasteiger partial charge in [-0.1, -0.05) is 0 Å². The molecule has 0 atom stereocenters. The van der Waals surface area contributed by atoms with E-state index >= 15 is 0 Å². The van der Waals surface area contributed by atoms with Gasteiger partial charge >= 0.3 is 5.69 Å². The number of rotatable bonds is 5. The lowest BCUT2D eigenvalue weighted by Gasteiger charge is -2.15. The van der Waals surface area contributed by atoms with E-state index in [1.54, 1.807) is 4.90 Å². The molecule has 2 amide bonds. The zero-order chi connectivity index (χ0) is 18.1. The van der Waals surface area contributed by atoms with Crippen LogP contribution in [0.5, 0.6) is 0 Å². The van der Waals surface area contributed by atoms with Crippen molar-refractivity contribution < 1.29 is 9.59 Å². The highest BCUT2D eigenvalue weighted by Gasteiger charge is 2.20. The predicted molar refractivity (Wildman–Crippen MR) is 89.0 cm³/mol. The van der Waals surface area contributed by atoms with Crippen LogP contribution < -0.4 is 16.6 Å². The first kappa shape index (κ1) is 16.9. The van der Waals surface area contributed by atoms with Crippen molar-refractivity contribution in [1.29, 1.82) is 0 Å². The summed E-state index contributed by atoms with van der Waals surface area (Å²) in [7, 11) is 2.91. The summed E-state index contributed by atoms with van der Waals surface area (Å²) in [6.45, 7) is 1.47. The summed E-state index contributed by atoms with van der Waals surface area (Å²) in [6.07, 6.45) is 2.79. The molecule has 1 aliphatic heterocycles. The van der Waals surface area contributed by atoms with Crippen molar-refractivity contribution in [2.45, 2.75) is 19.4 Å². The zero-order valence-electron chi connectivity index (χ0n) is 14.2. The molecule has 0 radical (unpaired) electrons. The van der Waals surface area contributed by atoms with Crippen LogP contribution in [0.4, 0.5) is 0 Å². The minimum absolute atomic E-state index is 0.0854. The Bertz CT molecular complexity index is 953. The van der Waals surface area contributed by atoms with Gasteiger partial charge in [-0.05, 0) is 6.42 Å². The van der Waals surface area contributed by atoms with E-state index in [-0.39, 0.29) is 29.5 Å². The largest absolute Gasteiger partial charge is 0.353 e. The Labute approximate surface area is 142 Å². The van der Waals surface area contributed by atoms with Crippen LogP contribution in [0.1, 0.15) is 12.8 Å². The maximum absolute atomic E-state index is 12.3. The van der Waals surface area contributed by atoms with Crippen LogP contribution in [0.15, 0.2) is 15.9 Å². The highest BCUT2D eigenvalue weighted by atomic mass is 16.2. The van der Waals surface area contributed by atoms with E-state index in [1.165, 1.54) is 29.6 Å². The zero-order valence-corrected chi connectivity index (χ0v) is 14.2. The number of aryl methyl sites for hydroxylation is 1. The van der Waals surface area contributed by atoms with Crippen molar-refractivity contribution in [3.8, 4) is 0 Å². The SMILES string of the molecule is Cn1c(=O)c2c(ncn2CC(=O)NCCN2CCCC2=O)n(C)c1=O. The fourth-order valence-corrected chi connectivity index (χ4v) is 3.00. The maximum Gasteiger partial charge on any atom is 0.332 e. The van der Waals surface area contributed by atoms with E-state index in [0.717, 1.165) is 17.5 Å². The van der Waals surface area contributed by atoms with Crippen LogP contribution in [0.25, 0.3) is 11.2 Å². The lowest BCUT2D eigenvalue weighted by Crippen LogP contribution is -2.39. The lowest BCUT2D eigenvalue weighted by molar-refractivity contribution is -0.128. The van der Waals surface area contributed by atoms with Gasteiger partial charge in [-0.2, -0.15) is 0 Å². The van der Waals surface area contributed by atoms with E-state index in [2.05, 4.69) is 10.3 Å². The molecule has 2 aromatic heterocycles. The van der Waals surface area contributed by atoms with Crippen LogP contribution in [-0.4, -0.2) is 55.0 Å². The molecular weight excluding hydrogens is 328 g/mol. The van der Waals surface area contributed by atoms with Crippen LogP contribution >= 0.6 is 0 Å². The van der Waals surface area contributed by atoms with Gasteiger partial charge in [-0.15, -0.1) is 0 Å². The van der Waals surface area contributed by atoms with E-state index in [9.17, 15) is 19.2 Å². The number of carbonyl (C=O) groups excluding carboxylic acids is 2. The molecule has 0 saturated carbocycles. The van der Waals surface area contributed by atoms with Crippen molar-refractivity contribution in [3.63, 3.8) is 0 Å². The standard InChI is InChI=1S/C15H20N6O4/c1-18-13-12(14(24)19(2)15(18)25)21(9-17-13)8-10(22)16-5-7-20-6-3-4-11(20)23/h9H,3-8H2,1-2H3,(H,16,22). The molecule has 0 aromatic carbocycles. The van der Waals surface area contributed by atoms with E-state index < -0.39 is 11.2 Å². The summed E-state index contributed by atoms with van der Waals surface area (Å²) in [5.74, 6) is -0.180. The number of hydrogen-bond acceptors (Lipinski definition) is 5. The second-order valence-electron chi connectivity index (χ2n) is 6.08. The number of nitrogens with zero attached hydrogens (tertiary/aromatic N) is 5. The molecule has 1 N–H and O–H groups in total. The van der Waals surface area contributed by atoms with Gasteiger partial charge < -0.3 is 14.8 Å². The maximum atomic E-state index is 12.3. The molecule has 1 fully saturated rings. The van der Waals surface area contributed by atoms with E-state index in [1.807, 2.05) is 0 Å². The summed E-state index contributed by atoms with van der Waals surface area (Å²) in [5, 5.41) is 2.73. The number of carbonyl (C=O) groups is 2. The molecule has 25 heavy (non-hydrogen) atoms. The molecule has 3 heterocycles. The molecule has 0 bridgehead atoms. The highest BCUT2D eigenvalue weighted by Crippen LogP contribution is 2.08. The van der Waals surface area contributed by atoms with Crippen molar-refractivity contribution in [3.05, 3.63) is 27.2 Å². The minimum Gasteiger partial charge on any atom is -0.353 e. The van der Waals surface area contributed by atoms with Crippen molar-refractivity contribution in [2.24, 2.45) is 14.1 Å². The Morgan fingerprint density at radius 2 is 2.00 bits per heavy atom. The Kier molecular flexibility index (Phi) is 4.43. The second kappa shape index (κ2) is 6.54. The Morgan fingerprint density at radius 1 is 1.24 bits per heavy atom. The van der Waals surface area contributed by atoms with Crippen LogP contribution in [0, 0.1) is 0 Å². The fraction of sp³-hybridized carbons (Fsp3) is 0.533. The summed E-state index contributed by atoms with van der Waals surface area (Å²) < 4.78 is 3.68. The Balaban J connectivity index is 1.70. The van der Waals surface area contributed by atoms with Gasteiger partial charge in [0.2, 0.25) is 11.8 Å². The van der Waals surface area contributed by atoms with Gasteiger partial charge in [0, 0.05) is 40.2 Å². The first-order valence-corrected chi connectivity index (χ1v) is 8.05. The summed E-state index contributed by atoms with van der Waals surface area (Å²) >= 11 is 0. The average Bonchev–Trinajstić information content (AvgIpc) is 3.18. The summed E-state index contributed by atoms with van der Waals surface area (Å²) in [5.41, 5.74) is -0.522. The number of likely N-dealkylation sites (tertiary alicyclic amines) is 1. The van der Waals surface area contributed by atoms with E-state index in [0.29, 0.717) is 19.5 Å². The molecule has 134 valence electrons. The molecule has 10 heteroatoms. The van der Waals surface area contributed by atoms with E-state index in [4.69, 9.17) is 0 Å². The van der Waals surface area contributed by atoms with Gasteiger partial charge in [0.25, 0.3) is 5.56 Å². The van der Waals surface area contributed by atoms with Gasteiger partial charge in [-0.25, -0.2) is 9.78 Å². The Hall–Kier alpha value is -2.91. The highest BCUT2D eigenvalue weighted by molar-refractivity contribution is 5.79. The molecule has 10 nitrogen and oxygen atoms in total. The topological polar surface area (TPSA) is 111 Å². The monoisotopic (exact) mass is 348 g/mol. The molecule has 1 aliphatic rings. The first-order valence-electron chi connectivity index (χ1n) is 8.05. The Morgan fingerprint density at radius 3 is 2.68 bits per heavy atom. The average molecular weight is 348 g/mol. The number of amides is 2. The van der Waals surface area contributed by atoms with Crippen LogP contribution in [0.2, 0.25) is 0 Å². The van der Waals surface area contributed by atoms with Gasteiger partial charge in [0.05, 0.1) is 6.33 Å². The third-order valence-corrected chi connectivity index (χ3v) is 4.41. The fourth-order valence-electron chi connectivity index (χ4n) is 3.00. The quantitative estimate of drug-likeness (QED) is 0.683. The number of nitrogens with one attached hydrogen (secondary N) is 1. The molecule has 0 aliphatic carbocycles. The number of fused-ring (bicyclic) bond motifs is 1. The molecule has 2 aromatic rings. The second-order valence-corrected chi connectivity index (χ2v) is 6.08. The smallest absolute Gasteiger partial charge is 0.332 e. The number of aromatic nitrogens is 4. The van der Waals surface area contributed by atoms with Crippen LogP contribution in [0.3, 0.4) is 0 Å². The molecule has 0 spiro atoms. The van der Waals surface area contributed by atoms with Gasteiger partial charge in [-0.3, -0.25) is 23.5 Å². The third kappa shape index (κ3) is 3.06. The van der Waals surface area contributed by atoms with Crippen molar-refractivity contribution >= 4 is 23.0 Å². The normalized spacial score (nSPS) is 14.5. The number of hydrogen-bond donors (Lipinski definition) is 1. The molecule has 0 unspecified atom stereocenters. The molecule has 3 rings (SSSR count). The third-order valence-electron chi connectivity index (χ3n) is 4.41. The number of imidazole rings is 1. The van der Waals surface area contributed by atoms with Gasteiger partial charge in [0.1, 0.15) is 6.54 Å². The summed E-state index contributed by atoms with van der Waals surface area (Å²) in [6, 6.07) is 0. The summed E-state index contributed by atoms with van der Waals surface area (Å²) in [4.78, 5) is 53.6. The minimum atomic E-state index is -0.494. The lowest BCUT2D eigenvalue weighted by atomic mass is 10.4. The van der Waals surface area contributed by atoms with Crippen molar-refractivity contribution in [1.82, 2.24) is 28.9 Å². The van der Waals surface area contributed by atoms with Gasteiger partial charge in [0.15, 0.2) is 11.2 Å². The van der Waals surface area contributed by atoms with Crippen molar-refractivity contribution in [2.75, 3.05) is 19.6 Å². The predicted octanol–water partition coefficient (Wildman–Crippen LogP) is -1.83. The first-order chi connectivity index (χ1) is 11.9. The van der Waals surface area contributed by atoms with Crippen LogP contribution in [-0.2, 0) is 30.2 Å².